The van der Waals surface area contributed by atoms with Crippen molar-refractivity contribution in [2.75, 3.05) is 12.3 Å². The number of hydrogen-bond acceptors (Lipinski definition) is 3. The summed E-state index contributed by atoms with van der Waals surface area (Å²) in [6.45, 7) is 2.82. The van der Waals surface area contributed by atoms with Gasteiger partial charge in [-0.25, -0.2) is 4.98 Å². The maximum absolute atomic E-state index is 5.70. The van der Waals surface area contributed by atoms with E-state index in [-0.39, 0.29) is 0 Å². The lowest BCUT2D eigenvalue weighted by Gasteiger charge is -2.09. The molecule has 0 bridgehead atoms. The van der Waals surface area contributed by atoms with Gasteiger partial charge in [-0.2, -0.15) is 0 Å². The van der Waals surface area contributed by atoms with E-state index in [0.29, 0.717) is 5.92 Å². The Kier molecular flexibility index (Phi) is 2.57. The number of ether oxygens (including phenoxy) is 1. The summed E-state index contributed by atoms with van der Waals surface area (Å²) in [6, 6.07) is 2.00. The highest BCUT2D eigenvalue weighted by atomic mass is 16.5. The summed E-state index contributed by atoms with van der Waals surface area (Å²) < 4.78 is 5.58. The van der Waals surface area contributed by atoms with Crippen LogP contribution in [0.15, 0.2) is 12.3 Å². The van der Waals surface area contributed by atoms with Crippen LogP contribution in [0.4, 0.5) is 5.69 Å². The van der Waals surface area contributed by atoms with E-state index in [1.165, 1.54) is 18.4 Å². The van der Waals surface area contributed by atoms with Gasteiger partial charge in [0.2, 0.25) is 5.88 Å². The van der Waals surface area contributed by atoms with E-state index < -0.39 is 0 Å². The molecule has 0 radical (unpaired) electrons. The van der Waals surface area contributed by atoms with Gasteiger partial charge in [-0.1, -0.05) is 6.92 Å². The van der Waals surface area contributed by atoms with Gasteiger partial charge >= 0.3 is 0 Å². The number of nitrogens with two attached hydrogens (primary N) is 1. The largest absolute Gasteiger partial charge is 0.477 e. The Morgan fingerprint density at radius 2 is 2.36 bits per heavy atom. The molecule has 3 nitrogen and oxygen atoms in total. The molecule has 0 spiro atoms. The fraction of sp³-hybridized carbons (Fsp3) is 0.545. The lowest BCUT2D eigenvalue weighted by Crippen LogP contribution is -2.01. The molecule has 2 rings (SSSR count). The van der Waals surface area contributed by atoms with E-state index >= 15 is 0 Å². The summed E-state index contributed by atoms with van der Waals surface area (Å²) >= 11 is 0. The molecule has 76 valence electrons. The minimum absolute atomic E-state index is 0.637. The molecule has 1 heterocycles. The predicted octanol–water partition coefficient (Wildman–Crippen LogP) is 2.33. The van der Waals surface area contributed by atoms with E-state index in [1.54, 1.807) is 6.20 Å². The summed E-state index contributed by atoms with van der Waals surface area (Å²) in [5, 5.41) is 0. The van der Waals surface area contributed by atoms with Crippen molar-refractivity contribution in [1.82, 2.24) is 4.98 Å². The van der Waals surface area contributed by atoms with E-state index in [0.717, 1.165) is 24.6 Å². The Balaban J connectivity index is 2.19. The summed E-state index contributed by atoms with van der Waals surface area (Å²) in [5.41, 5.74) is 7.63. The molecule has 1 aromatic rings. The molecule has 0 aromatic carbocycles. The van der Waals surface area contributed by atoms with Crippen molar-refractivity contribution in [3.05, 3.63) is 17.8 Å². The highest BCUT2D eigenvalue weighted by Gasteiger charge is 2.27. The lowest BCUT2D eigenvalue weighted by molar-refractivity contribution is 0.302. The van der Waals surface area contributed by atoms with Crippen molar-refractivity contribution in [2.24, 2.45) is 0 Å². The molecule has 0 saturated heterocycles. The average molecular weight is 192 g/mol. The minimum Gasteiger partial charge on any atom is -0.477 e. The molecule has 14 heavy (non-hydrogen) atoms. The predicted molar refractivity (Wildman–Crippen MR) is 56.4 cm³/mol. The topological polar surface area (TPSA) is 48.1 Å². The molecule has 2 N–H and O–H groups in total. The van der Waals surface area contributed by atoms with Gasteiger partial charge in [-0.3, -0.25) is 0 Å². The lowest BCUT2D eigenvalue weighted by atomic mass is 10.1. The molecular weight excluding hydrogens is 176 g/mol. The number of hydrogen-bond donors (Lipinski definition) is 1. The van der Waals surface area contributed by atoms with Crippen molar-refractivity contribution < 1.29 is 4.74 Å². The Labute approximate surface area is 84.3 Å². The van der Waals surface area contributed by atoms with E-state index in [2.05, 4.69) is 11.9 Å². The average Bonchev–Trinajstić information content (AvgIpc) is 2.99. The van der Waals surface area contributed by atoms with Gasteiger partial charge in [0.05, 0.1) is 18.5 Å². The summed E-state index contributed by atoms with van der Waals surface area (Å²) in [4.78, 5) is 4.23. The molecule has 0 aliphatic heterocycles. The first kappa shape index (κ1) is 9.31. The molecule has 1 fully saturated rings. The molecule has 0 amide bonds. The zero-order chi connectivity index (χ0) is 9.97. The third-order valence-corrected chi connectivity index (χ3v) is 2.36. The quantitative estimate of drug-likeness (QED) is 0.796. The van der Waals surface area contributed by atoms with Crippen LogP contribution in [0.25, 0.3) is 0 Å². The summed E-state index contributed by atoms with van der Waals surface area (Å²) in [6.07, 6.45) is 5.16. The Morgan fingerprint density at radius 3 is 3.00 bits per heavy atom. The highest BCUT2D eigenvalue weighted by Crippen LogP contribution is 2.44. The fourth-order valence-corrected chi connectivity index (χ4v) is 1.49. The van der Waals surface area contributed by atoms with Crippen LogP contribution in [0.5, 0.6) is 5.88 Å². The van der Waals surface area contributed by atoms with Crippen LogP contribution in [0.3, 0.4) is 0 Å². The Bertz CT molecular complexity index is 321. The highest BCUT2D eigenvalue weighted by molar-refractivity contribution is 5.45. The normalized spacial score (nSPS) is 15.5. The minimum atomic E-state index is 0.637. The second-order valence-electron chi connectivity index (χ2n) is 3.79. The number of rotatable bonds is 4. The fourth-order valence-electron chi connectivity index (χ4n) is 1.49. The van der Waals surface area contributed by atoms with E-state index in [1.807, 2.05) is 6.07 Å². The zero-order valence-electron chi connectivity index (χ0n) is 8.49. The number of nitrogens with zero attached hydrogens (tertiary/aromatic N) is 1. The van der Waals surface area contributed by atoms with Crippen molar-refractivity contribution in [1.29, 1.82) is 0 Å². The van der Waals surface area contributed by atoms with Crippen LogP contribution >= 0.6 is 0 Å². The monoisotopic (exact) mass is 192 g/mol. The van der Waals surface area contributed by atoms with E-state index in [9.17, 15) is 0 Å². The number of pyridine rings is 1. The van der Waals surface area contributed by atoms with Crippen molar-refractivity contribution in [3.8, 4) is 5.88 Å². The summed E-state index contributed by atoms with van der Waals surface area (Å²) in [5.74, 6) is 1.42. The van der Waals surface area contributed by atoms with Gasteiger partial charge in [-0.05, 0) is 31.2 Å². The number of aromatic nitrogens is 1. The molecule has 1 saturated carbocycles. The first-order valence-corrected chi connectivity index (χ1v) is 5.19. The Hall–Kier alpha value is -1.25. The Morgan fingerprint density at radius 1 is 1.57 bits per heavy atom. The van der Waals surface area contributed by atoms with Gasteiger partial charge in [0.1, 0.15) is 0 Å². The number of anilines is 1. The van der Waals surface area contributed by atoms with Gasteiger partial charge in [-0.15, -0.1) is 0 Å². The smallest absolute Gasteiger partial charge is 0.216 e. The molecule has 0 unspecified atom stereocenters. The zero-order valence-corrected chi connectivity index (χ0v) is 8.49. The second-order valence-corrected chi connectivity index (χ2v) is 3.79. The van der Waals surface area contributed by atoms with Crippen molar-refractivity contribution >= 4 is 5.69 Å². The molecule has 1 aliphatic rings. The van der Waals surface area contributed by atoms with Crippen LogP contribution < -0.4 is 10.5 Å². The van der Waals surface area contributed by atoms with Crippen LogP contribution in [0, 0.1) is 0 Å². The first-order valence-electron chi connectivity index (χ1n) is 5.19. The van der Waals surface area contributed by atoms with Gasteiger partial charge in [0.25, 0.3) is 0 Å². The van der Waals surface area contributed by atoms with Crippen molar-refractivity contribution in [2.45, 2.75) is 32.1 Å². The molecule has 0 atom stereocenters. The number of nitrogen functional groups attached to an aromatic ring is 1. The molecular formula is C11H16N2O. The van der Waals surface area contributed by atoms with E-state index in [4.69, 9.17) is 10.5 Å². The van der Waals surface area contributed by atoms with Crippen LogP contribution in [-0.4, -0.2) is 11.6 Å². The first-order chi connectivity index (χ1) is 6.81. The maximum atomic E-state index is 5.70. The molecule has 3 heteroatoms. The maximum Gasteiger partial charge on any atom is 0.216 e. The third-order valence-electron chi connectivity index (χ3n) is 2.36. The standard InChI is InChI=1S/C11H16N2O/c1-2-5-14-11-10(8-3-4-8)6-9(12)7-13-11/h6-8H,2-5,12H2,1H3. The third kappa shape index (κ3) is 1.97. The van der Waals surface area contributed by atoms with Crippen molar-refractivity contribution in [3.63, 3.8) is 0 Å². The summed E-state index contributed by atoms with van der Waals surface area (Å²) in [7, 11) is 0. The second kappa shape index (κ2) is 3.86. The van der Waals surface area contributed by atoms with Crippen LogP contribution in [-0.2, 0) is 0 Å². The van der Waals surface area contributed by atoms with Gasteiger partial charge < -0.3 is 10.5 Å². The van der Waals surface area contributed by atoms with Gasteiger partial charge in [0.15, 0.2) is 0 Å². The molecule has 1 aliphatic carbocycles. The van der Waals surface area contributed by atoms with Crippen LogP contribution in [0.1, 0.15) is 37.7 Å². The van der Waals surface area contributed by atoms with Crippen LogP contribution in [0.2, 0.25) is 0 Å². The van der Waals surface area contributed by atoms with Gasteiger partial charge in [0, 0.05) is 5.56 Å². The molecule has 1 aromatic heterocycles. The SMILES string of the molecule is CCCOc1ncc(N)cc1C1CC1.